The molecule has 0 saturated heterocycles. The third-order valence-corrected chi connectivity index (χ3v) is 2.47. The summed E-state index contributed by atoms with van der Waals surface area (Å²) < 4.78 is 18.6. The van der Waals surface area contributed by atoms with Gasteiger partial charge in [0.05, 0.1) is 30.3 Å². The van der Waals surface area contributed by atoms with Crippen LogP contribution in [0, 0.1) is 15.9 Å². The van der Waals surface area contributed by atoms with Crippen LogP contribution in [0.1, 0.15) is 5.82 Å². The van der Waals surface area contributed by atoms with Crippen molar-refractivity contribution >= 4 is 11.4 Å². The number of rotatable bonds is 5. The molecule has 1 aromatic carbocycles. The molecular formula is C11H11FN4O3. The van der Waals surface area contributed by atoms with Gasteiger partial charge in [-0.1, -0.05) is 0 Å². The molecule has 0 aliphatic rings. The lowest BCUT2D eigenvalue weighted by Crippen LogP contribution is -2.04. The number of nitro groups is 1. The average molecular weight is 266 g/mol. The van der Waals surface area contributed by atoms with E-state index >= 15 is 0 Å². The first kappa shape index (κ1) is 12.8. The van der Waals surface area contributed by atoms with Gasteiger partial charge in [0.1, 0.15) is 5.82 Å². The third kappa shape index (κ3) is 2.79. The molecule has 2 rings (SSSR count). The number of nitrogens with zero attached hydrogens (tertiary/aromatic N) is 2. The summed E-state index contributed by atoms with van der Waals surface area (Å²) in [6.45, 7) is 0.269. The summed E-state index contributed by atoms with van der Waals surface area (Å²) in [4.78, 5) is 16.8. The van der Waals surface area contributed by atoms with E-state index in [0.29, 0.717) is 5.82 Å². The van der Waals surface area contributed by atoms with Gasteiger partial charge in [0, 0.05) is 18.5 Å². The first-order valence-corrected chi connectivity index (χ1v) is 5.36. The van der Waals surface area contributed by atoms with E-state index in [1.54, 1.807) is 12.4 Å². The van der Waals surface area contributed by atoms with Crippen molar-refractivity contribution in [2.45, 2.75) is 6.54 Å². The molecule has 0 fully saturated rings. The van der Waals surface area contributed by atoms with Gasteiger partial charge in [0.15, 0.2) is 11.6 Å². The number of H-pyrrole nitrogens is 1. The summed E-state index contributed by atoms with van der Waals surface area (Å²) in [5.41, 5.74) is -0.303. The fourth-order valence-electron chi connectivity index (χ4n) is 1.56. The van der Waals surface area contributed by atoms with Crippen LogP contribution in [-0.4, -0.2) is 22.0 Å². The maximum Gasteiger partial charge on any atom is 0.313 e. The molecule has 0 radical (unpaired) electrons. The Morgan fingerprint density at radius 2 is 2.37 bits per heavy atom. The minimum Gasteiger partial charge on any atom is -0.490 e. The van der Waals surface area contributed by atoms with E-state index in [2.05, 4.69) is 15.3 Å². The van der Waals surface area contributed by atoms with Crippen LogP contribution >= 0.6 is 0 Å². The number of aromatic nitrogens is 2. The third-order valence-electron chi connectivity index (χ3n) is 2.47. The standard InChI is InChI=1S/C11H11FN4O3/c1-19-10-5-8(7(12)4-9(10)16(17)18)15-6-11-13-2-3-14-11/h2-5,15H,6H2,1H3,(H,13,14). The van der Waals surface area contributed by atoms with Gasteiger partial charge in [0.25, 0.3) is 0 Å². The zero-order valence-corrected chi connectivity index (χ0v) is 10.0. The van der Waals surface area contributed by atoms with E-state index in [4.69, 9.17) is 4.74 Å². The zero-order valence-electron chi connectivity index (χ0n) is 10.0. The topological polar surface area (TPSA) is 93.1 Å². The molecule has 2 N–H and O–H groups in total. The molecule has 19 heavy (non-hydrogen) atoms. The van der Waals surface area contributed by atoms with Gasteiger partial charge < -0.3 is 15.0 Å². The molecule has 0 aliphatic carbocycles. The quantitative estimate of drug-likeness (QED) is 0.638. The minimum atomic E-state index is -0.723. The molecule has 0 aliphatic heterocycles. The van der Waals surface area contributed by atoms with Gasteiger partial charge in [-0.05, 0) is 0 Å². The van der Waals surface area contributed by atoms with E-state index in [1.165, 1.54) is 13.2 Å². The molecule has 2 aromatic rings. The van der Waals surface area contributed by atoms with Crippen molar-refractivity contribution in [3.63, 3.8) is 0 Å². The molecule has 0 unspecified atom stereocenters. The zero-order chi connectivity index (χ0) is 13.8. The number of anilines is 1. The van der Waals surface area contributed by atoms with E-state index < -0.39 is 16.4 Å². The molecule has 100 valence electrons. The number of imidazole rings is 1. The summed E-state index contributed by atoms with van der Waals surface area (Å²) in [6, 6.07) is 2.07. The number of nitrogens with one attached hydrogen (secondary N) is 2. The summed E-state index contributed by atoms with van der Waals surface area (Å²) in [7, 11) is 1.29. The number of aromatic amines is 1. The number of methoxy groups -OCH3 is 1. The summed E-state index contributed by atoms with van der Waals surface area (Å²) in [5, 5.41) is 13.5. The second-order valence-corrected chi connectivity index (χ2v) is 3.65. The van der Waals surface area contributed by atoms with Crippen molar-refractivity contribution in [1.29, 1.82) is 0 Å². The maximum absolute atomic E-state index is 13.7. The normalized spacial score (nSPS) is 10.2. The van der Waals surface area contributed by atoms with Crippen molar-refractivity contribution in [2.75, 3.05) is 12.4 Å². The van der Waals surface area contributed by atoms with Crippen molar-refractivity contribution in [1.82, 2.24) is 9.97 Å². The first-order chi connectivity index (χ1) is 9.11. The number of hydrogen-bond acceptors (Lipinski definition) is 5. The fourth-order valence-corrected chi connectivity index (χ4v) is 1.56. The fraction of sp³-hybridized carbons (Fsp3) is 0.182. The average Bonchev–Trinajstić information content (AvgIpc) is 2.90. The highest BCUT2D eigenvalue weighted by molar-refractivity contribution is 5.59. The molecule has 7 nitrogen and oxygen atoms in total. The van der Waals surface area contributed by atoms with Gasteiger partial charge in [-0.3, -0.25) is 10.1 Å². The Labute approximate surface area is 107 Å². The van der Waals surface area contributed by atoms with Crippen LogP contribution in [0.25, 0.3) is 0 Å². The summed E-state index contributed by atoms with van der Waals surface area (Å²) >= 11 is 0. The largest absolute Gasteiger partial charge is 0.490 e. The Balaban J connectivity index is 2.23. The van der Waals surface area contributed by atoms with Crippen molar-refractivity contribution in [3.8, 4) is 5.75 Å². The highest BCUT2D eigenvalue weighted by atomic mass is 19.1. The van der Waals surface area contributed by atoms with E-state index in [0.717, 1.165) is 6.07 Å². The molecular weight excluding hydrogens is 255 g/mol. The molecule has 0 bridgehead atoms. The van der Waals surface area contributed by atoms with Crippen LogP contribution in [0.5, 0.6) is 5.75 Å². The Kier molecular flexibility index (Phi) is 3.60. The van der Waals surface area contributed by atoms with Crippen molar-refractivity contribution in [3.05, 3.63) is 46.3 Å². The van der Waals surface area contributed by atoms with E-state index in [1.807, 2.05) is 0 Å². The molecule has 1 aromatic heterocycles. The predicted molar refractivity (Wildman–Crippen MR) is 65.5 cm³/mol. The molecule has 8 heteroatoms. The SMILES string of the molecule is COc1cc(NCc2ncc[nH]2)c(F)cc1[N+](=O)[O-]. The first-order valence-electron chi connectivity index (χ1n) is 5.36. The van der Waals surface area contributed by atoms with Crippen LogP contribution in [0.3, 0.4) is 0 Å². The van der Waals surface area contributed by atoms with E-state index in [-0.39, 0.29) is 18.0 Å². The molecule has 0 saturated carbocycles. The smallest absolute Gasteiger partial charge is 0.313 e. The highest BCUT2D eigenvalue weighted by Gasteiger charge is 2.19. The van der Waals surface area contributed by atoms with Crippen LogP contribution in [-0.2, 0) is 6.54 Å². The van der Waals surface area contributed by atoms with Crippen LogP contribution in [0.15, 0.2) is 24.5 Å². The van der Waals surface area contributed by atoms with Crippen LogP contribution in [0.2, 0.25) is 0 Å². The Morgan fingerprint density at radius 3 is 2.95 bits per heavy atom. The monoisotopic (exact) mass is 266 g/mol. The van der Waals surface area contributed by atoms with Gasteiger partial charge in [-0.2, -0.15) is 0 Å². The number of ether oxygens (including phenoxy) is 1. The lowest BCUT2D eigenvalue weighted by Gasteiger charge is -2.08. The summed E-state index contributed by atoms with van der Waals surface area (Å²) in [6.07, 6.45) is 3.22. The highest BCUT2D eigenvalue weighted by Crippen LogP contribution is 2.32. The molecule has 0 amide bonds. The maximum atomic E-state index is 13.7. The van der Waals surface area contributed by atoms with E-state index in [9.17, 15) is 14.5 Å². The van der Waals surface area contributed by atoms with Gasteiger partial charge in [-0.25, -0.2) is 9.37 Å². The van der Waals surface area contributed by atoms with Gasteiger partial charge in [0.2, 0.25) is 0 Å². The second kappa shape index (κ2) is 5.34. The minimum absolute atomic E-state index is 0.00616. The second-order valence-electron chi connectivity index (χ2n) is 3.65. The molecule has 0 spiro atoms. The lowest BCUT2D eigenvalue weighted by molar-refractivity contribution is -0.385. The Hall–Kier alpha value is -2.64. The molecule has 0 atom stereocenters. The van der Waals surface area contributed by atoms with Crippen LogP contribution in [0.4, 0.5) is 15.8 Å². The van der Waals surface area contributed by atoms with Gasteiger partial charge >= 0.3 is 5.69 Å². The van der Waals surface area contributed by atoms with Gasteiger partial charge in [-0.15, -0.1) is 0 Å². The number of hydrogen-bond donors (Lipinski definition) is 2. The van der Waals surface area contributed by atoms with Crippen molar-refractivity contribution in [2.24, 2.45) is 0 Å². The number of nitro benzene ring substituents is 1. The summed E-state index contributed by atoms with van der Waals surface area (Å²) in [5.74, 6) is -0.107. The lowest BCUT2D eigenvalue weighted by atomic mass is 10.2. The number of benzene rings is 1. The molecule has 1 heterocycles. The Bertz CT molecular complexity index is 586. The van der Waals surface area contributed by atoms with Crippen LogP contribution < -0.4 is 10.1 Å². The predicted octanol–water partition coefficient (Wildman–Crippen LogP) is 2.08. The number of halogens is 1. The van der Waals surface area contributed by atoms with Crippen molar-refractivity contribution < 1.29 is 14.1 Å². The Morgan fingerprint density at radius 1 is 1.58 bits per heavy atom.